The molecule has 2 rings (SSSR count). The number of rotatable bonds is 7. The Hall–Kier alpha value is -2.70. The lowest BCUT2D eigenvalue weighted by Crippen LogP contribution is -2.45. The number of hydrogen-bond acceptors (Lipinski definition) is 3. The van der Waals surface area contributed by atoms with Crippen LogP contribution in [0.4, 0.5) is 9.18 Å². The minimum absolute atomic E-state index is 0.289. The molecule has 1 atom stereocenters. The zero-order valence-corrected chi connectivity index (χ0v) is 15.3. The lowest BCUT2D eigenvalue weighted by molar-refractivity contribution is -0.139. The van der Waals surface area contributed by atoms with Gasteiger partial charge in [0.1, 0.15) is 17.9 Å². The van der Waals surface area contributed by atoms with Crippen LogP contribution in [0.5, 0.6) is 0 Å². The van der Waals surface area contributed by atoms with E-state index in [2.05, 4.69) is 11.9 Å². The quantitative estimate of drug-likeness (QED) is 0.599. The summed E-state index contributed by atoms with van der Waals surface area (Å²) in [4.78, 5) is 40.3. The minimum atomic E-state index is -1.28. The summed E-state index contributed by atoms with van der Waals surface area (Å²) in [7, 11) is 0. The Morgan fingerprint density at radius 3 is 2.38 bits per heavy atom. The lowest BCUT2D eigenvalue weighted by atomic mass is 9.87. The van der Waals surface area contributed by atoms with Crippen LogP contribution in [0, 0.1) is 5.82 Å². The summed E-state index contributed by atoms with van der Waals surface area (Å²) in [6, 6.07) is 4.81. The van der Waals surface area contributed by atoms with Gasteiger partial charge in [-0.2, -0.15) is 0 Å². The van der Waals surface area contributed by atoms with Gasteiger partial charge in [0, 0.05) is 13.1 Å². The van der Waals surface area contributed by atoms with E-state index in [4.69, 9.17) is 0 Å². The van der Waals surface area contributed by atoms with E-state index in [1.165, 1.54) is 29.2 Å². The Morgan fingerprint density at radius 1 is 1.27 bits per heavy atom. The summed E-state index contributed by atoms with van der Waals surface area (Å²) in [6.45, 7) is 9.65. The molecular formula is C19H24FN3O3. The third kappa shape index (κ3) is 3.61. The SMILES string of the molecule is C=C(C)CN(CC)C(=O)CN1C(=O)N[C@@](CC)(c2ccc(F)cc2)C1=O. The maximum absolute atomic E-state index is 13.2. The van der Waals surface area contributed by atoms with Crippen LogP contribution < -0.4 is 5.32 Å². The van der Waals surface area contributed by atoms with Gasteiger partial charge >= 0.3 is 6.03 Å². The van der Waals surface area contributed by atoms with E-state index in [0.29, 0.717) is 18.7 Å². The van der Waals surface area contributed by atoms with Crippen LogP contribution >= 0.6 is 0 Å². The van der Waals surface area contributed by atoms with Gasteiger partial charge in [-0.3, -0.25) is 14.5 Å². The fraction of sp³-hybridized carbons (Fsp3) is 0.421. The molecule has 1 saturated heterocycles. The number of carbonyl (C=O) groups excluding carboxylic acids is 3. The molecule has 0 bridgehead atoms. The number of nitrogens with one attached hydrogen (secondary N) is 1. The van der Waals surface area contributed by atoms with E-state index in [1.54, 1.807) is 13.8 Å². The molecule has 1 aliphatic heterocycles. The summed E-state index contributed by atoms with van der Waals surface area (Å²) in [5.74, 6) is -1.26. The van der Waals surface area contributed by atoms with Crippen LogP contribution in [0.2, 0.25) is 0 Å². The monoisotopic (exact) mass is 361 g/mol. The predicted octanol–water partition coefficient (Wildman–Crippen LogP) is 2.41. The van der Waals surface area contributed by atoms with Gasteiger partial charge in [-0.1, -0.05) is 31.2 Å². The molecule has 0 saturated carbocycles. The largest absolute Gasteiger partial charge is 0.337 e. The third-order valence-corrected chi connectivity index (χ3v) is 4.53. The first-order valence-electron chi connectivity index (χ1n) is 8.57. The van der Waals surface area contributed by atoms with Gasteiger partial charge in [-0.05, 0) is 38.0 Å². The van der Waals surface area contributed by atoms with Crippen molar-refractivity contribution in [2.45, 2.75) is 32.7 Å². The summed E-state index contributed by atoms with van der Waals surface area (Å²) < 4.78 is 13.2. The van der Waals surface area contributed by atoms with Crippen molar-refractivity contribution in [1.29, 1.82) is 0 Å². The molecule has 1 aromatic rings. The standard InChI is InChI=1S/C19H24FN3O3/c1-5-19(14-7-9-15(20)10-8-14)17(25)23(18(26)21-19)12-16(24)22(6-2)11-13(3)4/h7-10H,3,5-6,11-12H2,1-2,4H3,(H,21,26)/t19-/m0/s1. The normalized spacial score (nSPS) is 19.5. The van der Waals surface area contributed by atoms with Gasteiger partial charge < -0.3 is 10.2 Å². The molecule has 0 aliphatic carbocycles. The molecule has 1 aliphatic rings. The number of imide groups is 1. The van der Waals surface area contributed by atoms with Gasteiger partial charge in [0.05, 0.1) is 0 Å². The Labute approximate surface area is 152 Å². The smallest absolute Gasteiger partial charge is 0.325 e. The van der Waals surface area contributed by atoms with E-state index in [-0.39, 0.29) is 18.9 Å². The Kier molecular flexibility index (Phi) is 5.79. The van der Waals surface area contributed by atoms with Crippen LogP contribution in [0.25, 0.3) is 0 Å². The summed E-state index contributed by atoms with van der Waals surface area (Å²) in [6.07, 6.45) is 0.289. The van der Waals surface area contributed by atoms with Gasteiger partial charge in [0.15, 0.2) is 0 Å². The van der Waals surface area contributed by atoms with Gasteiger partial charge in [0.2, 0.25) is 5.91 Å². The van der Waals surface area contributed by atoms with E-state index >= 15 is 0 Å². The molecule has 0 unspecified atom stereocenters. The zero-order chi connectivity index (χ0) is 19.5. The zero-order valence-electron chi connectivity index (χ0n) is 15.3. The van der Waals surface area contributed by atoms with Crippen molar-refractivity contribution < 1.29 is 18.8 Å². The number of carbonyl (C=O) groups is 3. The first-order chi connectivity index (χ1) is 12.2. The maximum atomic E-state index is 13.2. The maximum Gasteiger partial charge on any atom is 0.325 e. The van der Waals surface area contributed by atoms with E-state index < -0.39 is 23.3 Å². The van der Waals surface area contributed by atoms with Crippen molar-refractivity contribution in [3.05, 3.63) is 47.8 Å². The molecule has 1 heterocycles. The van der Waals surface area contributed by atoms with Crippen LogP contribution in [-0.2, 0) is 15.1 Å². The average molecular weight is 361 g/mol. The van der Waals surface area contributed by atoms with Gasteiger partial charge in [0.25, 0.3) is 5.91 Å². The molecule has 1 fully saturated rings. The molecule has 0 aromatic heterocycles. The van der Waals surface area contributed by atoms with Crippen molar-refractivity contribution >= 4 is 17.8 Å². The number of hydrogen-bond donors (Lipinski definition) is 1. The van der Waals surface area contributed by atoms with Crippen molar-refractivity contribution in [2.75, 3.05) is 19.6 Å². The third-order valence-electron chi connectivity index (χ3n) is 4.53. The second-order valence-corrected chi connectivity index (χ2v) is 6.45. The fourth-order valence-corrected chi connectivity index (χ4v) is 3.08. The predicted molar refractivity (Wildman–Crippen MR) is 95.7 cm³/mol. The fourth-order valence-electron chi connectivity index (χ4n) is 3.08. The Bertz CT molecular complexity index is 732. The van der Waals surface area contributed by atoms with Crippen molar-refractivity contribution in [2.24, 2.45) is 0 Å². The molecule has 26 heavy (non-hydrogen) atoms. The topological polar surface area (TPSA) is 69.7 Å². The second kappa shape index (κ2) is 7.68. The number of nitrogens with zero attached hydrogens (tertiary/aromatic N) is 2. The highest BCUT2D eigenvalue weighted by molar-refractivity contribution is 6.09. The molecule has 0 spiro atoms. The van der Waals surface area contributed by atoms with Crippen LogP contribution in [-0.4, -0.2) is 47.3 Å². The first-order valence-corrected chi connectivity index (χ1v) is 8.57. The summed E-state index contributed by atoms with van der Waals surface area (Å²) in [5, 5.41) is 2.68. The van der Waals surface area contributed by atoms with Gasteiger partial charge in [-0.15, -0.1) is 0 Å². The Balaban J connectivity index is 2.25. The van der Waals surface area contributed by atoms with E-state index in [9.17, 15) is 18.8 Å². The average Bonchev–Trinajstić information content (AvgIpc) is 2.85. The highest BCUT2D eigenvalue weighted by Gasteiger charge is 2.51. The molecule has 0 radical (unpaired) electrons. The molecule has 7 heteroatoms. The van der Waals surface area contributed by atoms with Crippen molar-refractivity contribution in [1.82, 2.24) is 15.1 Å². The molecule has 1 aromatic carbocycles. The molecule has 6 nitrogen and oxygen atoms in total. The lowest BCUT2D eigenvalue weighted by Gasteiger charge is -2.26. The van der Waals surface area contributed by atoms with E-state index in [0.717, 1.165) is 10.5 Å². The number of benzene rings is 1. The van der Waals surface area contributed by atoms with Crippen LogP contribution in [0.15, 0.2) is 36.4 Å². The summed E-state index contributed by atoms with van der Waals surface area (Å²) in [5.41, 5.74) is 0.0202. The first kappa shape index (κ1) is 19.6. The Morgan fingerprint density at radius 2 is 1.88 bits per heavy atom. The highest BCUT2D eigenvalue weighted by atomic mass is 19.1. The van der Waals surface area contributed by atoms with Crippen LogP contribution in [0.1, 0.15) is 32.8 Å². The molecule has 140 valence electrons. The van der Waals surface area contributed by atoms with Gasteiger partial charge in [-0.25, -0.2) is 9.18 Å². The summed E-state index contributed by atoms with van der Waals surface area (Å²) >= 11 is 0. The molecular weight excluding hydrogens is 337 g/mol. The number of amides is 4. The van der Waals surface area contributed by atoms with E-state index in [1.807, 2.05) is 6.92 Å². The van der Waals surface area contributed by atoms with Crippen LogP contribution in [0.3, 0.4) is 0 Å². The number of urea groups is 1. The minimum Gasteiger partial charge on any atom is -0.337 e. The molecule has 1 N–H and O–H groups in total. The molecule has 4 amide bonds. The number of likely N-dealkylation sites (N-methyl/N-ethyl adjacent to an activating group) is 1. The number of halogens is 1. The second-order valence-electron chi connectivity index (χ2n) is 6.45. The van der Waals surface area contributed by atoms with Crippen molar-refractivity contribution in [3.8, 4) is 0 Å². The highest BCUT2D eigenvalue weighted by Crippen LogP contribution is 2.32. The van der Waals surface area contributed by atoms with Crippen molar-refractivity contribution in [3.63, 3.8) is 0 Å².